The first-order chi connectivity index (χ1) is 9.84. The molecule has 106 valence electrons. The van der Waals surface area contributed by atoms with E-state index in [1.54, 1.807) is 11.1 Å². The van der Waals surface area contributed by atoms with Gasteiger partial charge in [-0.05, 0) is 56.7 Å². The molecule has 4 rings (SSSR count). The topological polar surface area (TPSA) is 17.0 Å². The standard InChI is InChI=1S/C18H24N2/c1-13-17(12-15-8-2-3-10-19-15)16-9-4-6-14-7-5-11-20(13)18(14)16/h4,6,9,15,19H,2-3,5,7-8,10-12H2,1H3. The lowest BCUT2D eigenvalue weighted by molar-refractivity contribution is 0.399. The van der Waals surface area contributed by atoms with Crippen LogP contribution in [0.2, 0.25) is 0 Å². The lowest BCUT2D eigenvalue weighted by Crippen LogP contribution is -2.35. The van der Waals surface area contributed by atoms with Crippen LogP contribution in [0, 0.1) is 6.92 Å². The summed E-state index contributed by atoms with van der Waals surface area (Å²) in [6.07, 6.45) is 7.83. The summed E-state index contributed by atoms with van der Waals surface area (Å²) in [5.74, 6) is 0. The van der Waals surface area contributed by atoms with Crippen LogP contribution in [0.15, 0.2) is 18.2 Å². The SMILES string of the molecule is Cc1c(CC2CCCCN2)c2cccc3c2n1CCC3. The second-order valence-electron chi connectivity index (χ2n) is 6.48. The molecule has 1 saturated heterocycles. The maximum Gasteiger partial charge on any atom is 0.0517 e. The fraction of sp³-hybridized carbons (Fsp3) is 0.556. The lowest BCUT2D eigenvalue weighted by atomic mass is 9.95. The number of nitrogens with zero attached hydrogens (tertiary/aromatic N) is 1. The van der Waals surface area contributed by atoms with Crippen LogP contribution in [0.25, 0.3) is 10.9 Å². The Morgan fingerprint density at radius 3 is 3.05 bits per heavy atom. The predicted octanol–water partition coefficient (Wildman–Crippen LogP) is 3.58. The number of hydrogen-bond donors (Lipinski definition) is 1. The van der Waals surface area contributed by atoms with Crippen LogP contribution in [-0.4, -0.2) is 17.2 Å². The first kappa shape index (κ1) is 12.5. The average molecular weight is 268 g/mol. The molecule has 0 amide bonds. The Labute approximate surface area is 121 Å². The molecule has 0 radical (unpaired) electrons. The predicted molar refractivity (Wildman–Crippen MR) is 84.3 cm³/mol. The molecule has 0 bridgehead atoms. The molecule has 2 aromatic rings. The Bertz CT molecular complexity index is 632. The van der Waals surface area contributed by atoms with E-state index in [1.807, 2.05) is 0 Å². The van der Waals surface area contributed by atoms with Gasteiger partial charge in [0.2, 0.25) is 0 Å². The van der Waals surface area contributed by atoms with Gasteiger partial charge in [0.05, 0.1) is 5.52 Å². The highest BCUT2D eigenvalue weighted by atomic mass is 15.0. The van der Waals surface area contributed by atoms with Gasteiger partial charge in [0.15, 0.2) is 0 Å². The van der Waals surface area contributed by atoms with Crippen molar-refractivity contribution in [3.8, 4) is 0 Å². The van der Waals surface area contributed by atoms with Crippen LogP contribution in [0.4, 0.5) is 0 Å². The molecule has 2 nitrogen and oxygen atoms in total. The van der Waals surface area contributed by atoms with Gasteiger partial charge in [0.25, 0.3) is 0 Å². The zero-order valence-corrected chi connectivity index (χ0v) is 12.4. The van der Waals surface area contributed by atoms with Gasteiger partial charge < -0.3 is 9.88 Å². The van der Waals surface area contributed by atoms with E-state index in [4.69, 9.17) is 0 Å². The van der Waals surface area contributed by atoms with Crippen molar-refractivity contribution >= 4 is 10.9 Å². The molecule has 1 N–H and O–H groups in total. The molecule has 0 aliphatic carbocycles. The summed E-state index contributed by atoms with van der Waals surface area (Å²) >= 11 is 0. The third-order valence-electron chi connectivity index (χ3n) is 5.25. The maximum atomic E-state index is 3.71. The van der Waals surface area contributed by atoms with Crippen molar-refractivity contribution in [1.29, 1.82) is 0 Å². The summed E-state index contributed by atoms with van der Waals surface area (Å²) in [4.78, 5) is 0. The number of nitrogens with one attached hydrogen (secondary N) is 1. The van der Waals surface area contributed by atoms with Crippen molar-refractivity contribution in [2.45, 2.75) is 58.0 Å². The smallest absolute Gasteiger partial charge is 0.0517 e. The summed E-state index contributed by atoms with van der Waals surface area (Å²) in [5, 5.41) is 5.23. The van der Waals surface area contributed by atoms with Gasteiger partial charge in [-0.3, -0.25) is 0 Å². The molecule has 20 heavy (non-hydrogen) atoms. The summed E-state index contributed by atoms with van der Waals surface area (Å²) in [7, 11) is 0. The molecular formula is C18H24N2. The zero-order valence-electron chi connectivity index (χ0n) is 12.4. The number of hydrogen-bond acceptors (Lipinski definition) is 1. The summed E-state index contributed by atoms with van der Waals surface area (Å²) in [6.45, 7) is 4.73. The minimum absolute atomic E-state index is 0.686. The van der Waals surface area contributed by atoms with Gasteiger partial charge >= 0.3 is 0 Å². The molecule has 2 aliphatic rings. The second kappa shape index (κ2) is 4.92. The van der Waals surface area contributed by atoms with Crippen molar-refractivity contribution < 1.29 is 0 Å². The average Bonchev–Trinajstić information content (AvgIpc) is 2.77. The fourth-order valence-electron chi connectivity index (χ4n) is 4.19. The van der Waals surface area contributed by atoms with Crippen LogP contribution < -0.4 is 5.32 Å². The maximum absolute atomic E-state index is 3.71. The highest BCUT2D eigenvalue weighted by Gasteiger charge is 2.22. The van der Waals surface area contributed by atoms with E-state index in [9.17, 15) is 0 Å². The monoisotopic (exact) mass is 268 g/mol. The van der Waals surface area contributed by atoms with Crippen molar-refractivity contribution in [2.24, 2.45) is 0 Å². The molecule has 1 atom stereocenters. The van der Waals surface area contributed by atoms with Gasteiger partial charge in [0.1, 0.15) is 0 Å². The molecule has 2 heteroatoms. The minimum atomic E-state index is 0.686. The fourth-order valence-corrected chi connectivity index (χ4v) is 4.19. The Morgan fingerprint density at radius 2 is 2.20 bits per heavy atom. The number of benzene rings is 1. The van der Waals surface area contributed by atoms with E-state index in [2.05, 4.69) is 35.0 Å². The number of piperidine rings is 1. The number of para-hydroxylation sites is 1. The Kier molecular flexibility index (Phi) is 3.07. The summed E-state index contributed by atoms with van der Waals surface area (Å²) < 4.78 is 2.58. The second-order valence-corrected chi connectivity index (χ2v) is 6.48. The molecule has 1 aromatic carbocycles. The van der Waals surface area contributed by atoms with Crippen molar-refractivity contribution in [2.75, 3.05) is 6.54 Å². The van der Waals surface area contributed by atoms with E-state index in [-0.39, 0.29) is 0 Å². The van der Waals surface area contributed by atoms with Gasteiger partial charge in [-0.25, -0.2) is 0 Å². The van der Waals surface area contributed by atoms with Crippen LogP contribution in [0.1, 0.15) is 42.5 Å². The van der Waals surface area contributed by atoms with Gasteiger partial charge in [0, 0.05) is 23.7 Å². The van der Waals surface area contributed by atoms with Crippen molar-refractivity contribution in [3.63, 3.8) is 0 Å². The molecule has 1 aromatic heterocycles. The number of aromatic nitrogens is 1. The van der Waals surface area contributed by atoms with Crippen molar-refractivity contribution in [1.82, 2.24) is 9.88 Å². The molecule has 2 aliphatic heterocycles. The normalized spacial score (nSPS) is 22.4. The largest absolute Gasteiger partial charge is 0.344 e. The third kappa shape index (κ3) is 1.89. The highest BCUT2D eigenvalue weighted by Crippen LogP contribution is 2.33. The van der Waals surface area contributed by atoms with Gasteiger partial charge in [-0.2, -0.15) is 0 Å². The Hall–Kier alpha value is -1.28. The van der Waals surface area contributed by atoms with E-state index >= 15 is 0 Å². The first-order valence-electron chi connectivity index (χ1n) is 8.17. The zero-order chi connectivity index (χ0) is 13.5. The summed E-state index contributed by atoms with van der Waals surface area (Å²) in [6, 6.07) is 7.60. The lowest BCUT2D eigenvalue weighted by Gasteiger charge is -2.23. The third-order valence-corrected chi connectivity index (χ3v) is 5.25. The van der Waals surface area contributed by atoms with Crippen molar-refractivity contribution in [3.05, 3.63) is 35.0 Å². The minimum Gasteiger partial charge on any atom is -0.344 e. The van der Waals surface area contributed by atoms with E-state index in [0.717, 1.165) is 0 Å². The molecule has 0 saturated carbocycles. The van der Waals surface area contributed by atoms with E-state index in [1.165, 1.54) is 68.2 Å². The van der Waals surface area contributed by atoms with Crippen LogP contribution >= 0.6 is 0 Å². The first-order valence-corrected chi connectivity index (χ1v) is 8.17. The summed E-state index contributed by atoms with van der Waals surface area (Å²) in [5.41, 5.74) is 6.20. The molecule has 1 unspecified atom stereocenters. The molecule has 1 fully saturated rings. The quantitative estimate of drug-likeness (QED) is 0.881. The number of aryl methyl sites for hydroxylation is 2. The van der Waals surface area contributed by atoms with E-state index < -0.39 is 0 Å². The van der Waals surface area contributed by atoms with Gasteiger partial charge in [-0.1, -0.05) is 24.6 Å². The van der Waals surface area contributed by atoms with Crippen LogP contribution in [0.3, 0.4) is 0 Å². The Balaban J connectivity index is 1.79. The molecular weight excluding hydrogens is 244 g/mol. The number of rotatable bonds is 2. The van der Waals surface area contributed by atoms with Crippen LogP contribution in [-0.2, 0) is 19.4 Å². The Morgan fingerprint density at radius 1 is 1.25 bits per heavy atom. The molecule has 0 spiro atoms. The van der Waals surface area contributed by atoms with Gasteiger partial charge in [-0.15, -0.1) is 0 Å². The highest BCUT2D eigenvalue weighted by molar-refractivity contribution is 5.88. The van der Waals surface area contributed by atoms with E-state index in [0.29, 0.717) is 6.04 Å². The molecule has 3 heterocycles. The van der Waals surface area contributed by atoms with Crippen LogP contribution in [0.5, 0.6) is 0 Å².